The first-order valence-corrected chi connectivity index (χ1v) is 28.5. The maximum absolute atomic E-state index is 7.44. The third-order valence-electron chi connectivity index (χ3n) is 12.2. The van der Waals surface area contributed by atoms with Crippen LogP contribution in [0.1, 0.15) is 92.0 Å². The number of hydrogen-bond acceptors (Lipinski definition) is 14. The van der Waals surface area contributed by atoms with E-state index in [4.69, 9.17) is 61.4 Å². The Kier molecular flexibility index (Phi) is 23.2. The van der Waals surface area contributed by atoms with E-state index in [1.807, 2.05) is 91.0 Å². The van der Waals surface area contributed by atoms with E-state index in [9.17, 15) is 0 Å². The van der Waals surface area contributed by atoms with Crippen molar-refractivity contribution in [2.24, 2.45) is 37.7 Å². The summed E-state index contributed by atoms with van der Waals surface area (Å²) in [6.45, 7) is 2.89. The first-order chi connectivity index (χ1) is 36.0. The van der Waals surface area contributed by atoms with Crippen molar-refractivity contribution in [3.8, 4) is 63.2 Å². The smallest absolute Gasteiger partial charge is 0.311 e. The lowest BCUT2D eigenvalue weighted by Crippen LogP contribution is -2.07. The van der Waals surface area contributed by atoms with Gasteiger partial charge in [0.1, 0.15) is 37.3 Å². The van der Waals surface area contributed by atoms with Gasteiger partial charge < -0.3 is 56.9 Å². The fourth-order valence-corrected chi connectivity index (χ4v) is 11.3. The van der Waals surface area contributed by atoms with Gasteiger partial charge in [-0.05, 0) is 187 Å². The molecule has 1 heterocycles. The van der Waals surface area contributed by atoms with Crippen molar-refractivity contribution in [2.75, 3.05) is 32.7 Å². The molecule has 0 saturated carbocycles. The highest BCUT2D eigenvalue weighted by molar-refractivity contribution is 7.64. The van der Waals surface area contributed by atoms with Crippen LogP contribution in [0.15, 0.2) is 130 Å². The second kappa shape index (κ2) is 30.6. The average molecular weight is 1050 g/mol. The zero-order chi connectivity index (χ0) is 50.9. The number of para-hydroxylation sites is 5. The average Bonchev–Trinajstić information content (AvgIpc) is 3.42. The molecule has 6 aromatic rings. The number of nitrogens with two attached hydrogens (primary N) is 5. The van der Waals surface area contributed by atoms with Gasteiger partial charge in [0.15, 0.2) is 8.52 Å². The molecule has 0 aliphatic carbocycles. The predicted octanol–water partition coefficient (Wildman–Crippen LogP) is 14.4. The summed E-state index contributed by atoms with van der Waals surface area (Å²) in [5, 5.41) is 0. The number of ether oxygens (including phenoxy) is 5. The third-order valence-corrected chi connectivity index (χ3v) is 15.2. The SMILES string of the molecule is NCCCCc1ccccc1Oc1c(Oc2ccccc2CCCCN)c(Oc2ccccc2CCCCN)c(OP2N=PN=PN2)c(Oc2ccccc2CCCCN)c1Oc1ccccc1CCCCN. The molecule has 1 aliphatic heterocycles. The molecular formula is C56H71N8O6P3. The molecule has 0 fully saturated rings. The Morgan fingerprint density at radius 1 is 0.356 bits per heavy atom. The highest BCUT2D eigenvalue weighted by atomic mass is 31.2. The number of unbranched alkanes of at least 4 members (excludes halogenated alkanes) is 5. The van der Waals surface area contributed by atoms with Crippen LogP contribution in [0, 0.1) is 0 Å². The van der Waals surface area contributed by atoms with E-state index >= 15 is 0 Å². The van der Waals surface area contributed by atoms with E-state index in [2.05, 4.69) is 39.7 Å². The molecule has 1 atom stereocenters. The van der Waals surface area contributed by atoms with Crippen molar-refractivity contribution in [1.29, 1.82) is 0 Å². The number of benzene rings is 6. The highest BCUT2D eigenvalue weighted by Crippen LogP contribution is 2.65. The second-order valence-corrected chi connectivity index (χ2v) is 20.9. The summed E-state index contributed by atoms with van der Waals surface area (Å²) < 4.78 is 53.4. The number of hydrogen-bond donors (Lipinski definition) is 6. The summed E-state index contributed by atoms with van der Waals surface area (Å²) in [7, 11) is -0.599. The van der Waals surface area contributed by atoms with E-state index in [1.165, 1.54) is 0 Å². The standard InChI is InChI=1S/C56H71N8O6P3/c57-36-16-11-26-41-21-1-6-31-46(41)65-51-52(66-47-32-7-2-22-42(47)27-12-17-37-58)54(68-49-34-9-4-24-44(49)29-14-19-39-60)56(70-73-63-71-62-72-64-73)55(69-50-35-10-5-25-45(50)30-15-20-40-61)53(51)67-48-33-8-3-23-43(48)28-13-18-38-59/h1-10,21-25,31-35H,11-20,26-30,36-40,57-61H2,(H,62,63,64). The van der Waals surface area contributed by atoms with Crippen LogP contribution < -0.4 is 61.7 Å². The van der Waals surface area contributed by atoms with E-state index in [-0.39, 0.29) is 34.5 Å². The van der Waals surface area contributed by atoms with Gasteiger partial charge in [0, 0.05) is 0 Å². The first kappa shape index (κ1) is 55.3. The molecule has 0 radical (unpaired) electrons. The molecule has 7 rings (SSSR count). The molecule has 386 valence electrons. The minimum Gasteiger partial charge on any atom is -0.449 e. The van der Waals surface area contributed by atoms with Gasteiger partial charge in [0.05, 0.1) is 0 Å². The lowest BCUT2D eigenvalue weighted by molar-refractivity contribution is 0.333. The monoisotopic (exact) mass is 1040 g/mol. The van der Waals surface area contributed by atoms with Crippen LogP contribution in [0.5, 0.6) is 63.2 Å². The summed E-state index contributed by atoms with van der Waals surface area (Å²) in [5.41, 5.74) is 35.0. The summed E-state index contributed by atoms with van der Waals surface area (Å²) in [6, 6.07) is 40.1. The molecule has 6 aromatic carbocycles. The summed E-state index contributed by atoms with van der Waals surface area (Å²) in [6.07, 6.45) is 12.1. The van der Waals surface area contributed by atoms with Crippen LogP contribution in [0.3, 0.4) is 0 Å². The van der Waals surface area contributed by atoms with Crippen LogP contribution >= 0.6 is 25.5 Å². The van der Waals surface area contributed by atoms with Crippen LogP contribution in [-0.4, -0.2) is 32.7 Å². The van der Waals surface area contributed by atoms with Gasteiger partial charge in [0.25, 0.3) is 0 Å². The third kappa shape index (κ3) is 16.3. The fourth-order valence-electron chi connectivity index (χ4n) is 8.34. The molecule has 17 heteroatoms. The Morgan fingerprint density at radius 3 is 0.863 bits per heavy atom. The largest absolute Gasteiger partial charge is 0.449 e. The number of nitrogens with zero attached hydrogens (tertiary/aromatic N) is 2. The van der Waals surface area contributed by atoms with Crippen LogP contribution in [0.25, 0.3) is 0 Å². The topological polar surface area (TPSA) is 222 Å². The minimum atomic E-state index is -1.73. The number of rotatable bonds is 32. The van der Waals surface area contributed by atoms with Gasteiger partial charge in [-0.3, -0.25) is 0 Å². The van der Waals surface area contributed by atoms with Crippen molar-refractivity contribution in [2.45, 2.75) is 96.3 Å². The number of aryl methyl sites for hydroxylation is 5. The maximum Gasteiger partial charge on any atom is 0.311 e. The summed E-state index contributed by atoms with van der Waals surface area (Å²) in [4.78, 5) is 3.34. The molecule has 11 N–H and O–H groups in total. The van der Waals surface area contributed by atoms with Gasteiger partial charge >= 0.3 is 8.45 Å². The molecule has 0 amide bonds. The first-order valence-electron chi connectivity index (χ1n) is 25.6. The molecular weight excluding hydrogens is 974 g/mol. The van der Waals surface area contributed by atoms with Crippen molar-refractivity contribution in [3.63, 3.8) is 0 Å². The van der Waals surface area contributed by atoms with Gasteiger partial charge in [-0.2, -0.15) is 13.9 Å². The molecule has 0 aromatic heterocycles. The lowest BCUT2D eigenvalue weighted by Gasteiger charge is -2.27. The Bertz CT molecular complexity index is 2580. The summed E-state index contributed by atoms with van der Waals surface area (Å²) >= 11 is 0. The quantitative estimate of drug-likeness (QED) is 0.0172. The molecule has 1 unspecified atom stereocenters. The van der Waals surface area contributed by atoms with Crippen molar-refractivity contribution < 1.29 is 28.2 Å². The van der Waals surface area contributed by atoms with E-state index < -0.39 is 8.45 Å². The van der Waals surface area contributed by atoms with Crippen molar-refractivity contribution in [1.82, 2.24) is 4.86 Å². The molecule has 1 aliphatic rings. The van der Waals surface area contributed by atoms with Gasteiger partial charge in [0.2, 0.25) is 34.5 Å². The Hall–Kier alpha value is -5.49. The molecule has 73 heavy (non-hydrogen) atoms. The Labute approximate surface area is 435 Å². The van der Waals surface area contributed by atoms with Crippen molar-refractivity contribution in [3.05, 3.63) is 149 Å². The van der Waals surface area contributed by atoms with E-state index in [0.717, 1.165) is 98.4 Å². The van der Waals surface area contributed by atoms with Crippen LogP contribution in [0.2, 0.25) is 0 Å². The number of nitrogens with one attached hydrogen (secondary N) is 1. The zero-order valence-corrected chi connectivity index (χ0v) is 44.4. The van der Waals surface area contributed by atoms with Gasteiger partial charge in [-0.15, -0.1) is 0 Å². The lowest BCUT2D eigenvalue weighted by atomic mass is 10.1. The molecule has 0 spiro atoms. The second-order valence-electron chi connectivity index (χ2n) is 17.6. The molecule has 0 bridgehead atoms. The molecule has 14 nitrogen and oxygen atoms in total. The fraction of sp³-hybridized carbons (Fsp3) is 0.357. The Morgan fingerprint density at radius 2 is 0.616 bits per heavy atom. The van der Waals surface area contributed by atoms with Gasteiger partial charge in [-0.25, -0.2) is 0 Å². The normalized spacial score (nSPS) is 13.4. The minimum absolute atomic E-state index is 0.193. The zero-order valence-electron chi connectivity index (χ0n) is 41.8. The van der Waals surface area contributed by atoms with E-state index in [1.54, 1.807) is 0 Å². The highest BCUT2D eigenvalue weighted by Gasteiger charge is 2.37. The van der Waals surface area contributed by atoms with Crippen molar-refractivity contribution >= 4 is 25.5 Å². The Balaban J connectivity index is 1.61. The van der Waals surface area contributed by atoms with Gasteiger partial charge in [-0.1, -0.05) is 91.0 Å². The summed E-state index contributed by atoms with van der Waals surface area (Å²) in [5.74, 6) is 4.22. The van der Waals surface area contributed by atoms with E-state index in [0.29, 0.717) is 104 Å². The maximum atomic E-state index is 7.44. The molecule has 0 saturated heterocycles. The predicted molar refractivity (Wildman–Crippen MR) is 298 cm³/mol. The van der Waals surface area contributed by atoms with Crippen LogP contribution in [-0.2, 0) is 32.1 Å². The van der Waals surface area contributed by atoms with Crippen LogP contribution in [0.4, 0.5) is 0 Å².